The number of hydrogen-bond acceptors (Lipinski definition) is 4. The molecule has 4 rings (SSSR count). The van der Waals surface area contributed by atoms with Crippen LogP contribution in [0, 0.1) is 5.92 Å². The first kappa shape index (κ1) is 22.2. The second kappa shape index (κ2) is 11.5. The number of esters is 1. The predicted octanol–water partition coefficient (Wildman–Crippen LogP) is 6.49. The highest BCUT2D eigenvalue weighted by atomic mass is 16.5. The zero-order valence-corrected chi connectivity index (χ0v) is 18.4. The number of hydrogen-bond donors (Lipinski definition) is 1. The van der Waals surface area contributed by atoms with Gasteiger partial charge >= 0.3 is 5.97 Å². The summed E-state index contributed by atoms with van der Waals surface area (Å²) in [5.41, 5.74) is 3.00. The number of nitrogens with one attached hydrogen (secondary N) is 1. The van der Waals surface area contributed by atoms with Crippen molar-refractivity contribution in [2.24, 2.45) is 5.92 Å². The van der Waals surface area contributed by atoms with Crippen LogP contribution in [-0.4, -0.2) is 12.5 Å². The Kier molecular flexibility index (Phi) is 7.74. The molecule has 4 aromatic rings. The summed E-state index contributed by atoms with van der Waals surface area (Å²) in [4.78, 5) is 13.0. The van der Waals surface area contributed by atoms with Gasteiger partial charge in [-0.2, -0.15) is 0 Å². The van der Waals surface area contributed by atoms with Crippen LogP contribution in [0.2, 0.25) is 0 Å². The standard InChI is InChI=1S/C29H27NO3/c31-29(32-22-24-10-4-1-5-11-24)25(21-30-26-12-6-2-7-13-26)20-23-16-18-28(19-17-23)33-27-14-8-3-9-15-27/h1-19,25,30H,20-22H2/t25-/m0/s1. The van der Waals surface area contributed by atoms with Gasteiger partial charge in [-0.15, -0.1) is 0 Å². The smallest absolute Gasteiger partial charge is 0.311 e. The molecule has 1 atom stereocenters. The molecule has 0 unspecified atom stereocenters. The van der Waals surface area contributed by atoms with Gasteiger partial charge in [0.15, 0.2) is 0 Å². The third kappa shape index (κ3) is 6.97. The molecule has 4 heteroatoms. The van der Waals surface area contributed by atoms with Crippen molar-refractivity contribution in [1.29, 1.82) is 0 Å². The van der Waals surface area contributed by atoms with E-state index in [0.29, 0.717) is 13.0 Å². The van der Waals surface area contributed by atoms with Crippen molar-refractivity contribution < 1.29 is 14.3 Å². The molecule has 0 saturated carbocycles. The van der Waals surface area contributed by atoms with Gasteiger partial charge in [0, 0.05) is 12.2 Å². The maximum atomic E-state index is 13.0. The molecule has 0 fully saturated rings. The molecular weight excluding hydrogens is 410 g/mol. The minimum atomic E-state index is -0.324. The molecule has 33 heavy (non-hydrogen) atoms. The summed E-state index contributed by atoms with van der Waals surface area (Å²) in [7, 11) is 0. The fourth-order valence-electron chi connectivity index (χ4n) is 3.49. The largest absolute Gasteiger partial charge is 0.461 e. The van der Waals surface area contributed by atoms with E-state index in [1.54, 1.807) is 0 Å². The molecule has 0 aliphatic carbocycles. The minimum Gasteiger partial charge on any atom is -0.461 e. The number of ether oxygens (including phenoxy) is 2. The van der Waals surface area contributed by atoms with Crippen LogP contribution in [0.4, 0.5) is 5.69 Å². The Labute approximate surface area is 194 Å². The monoisotopic (exact) mass is 437 g/mol. The van der Waals surface area contributed by atoms with E-state index in [1.807, 2.05) is 115 Å². The number of carbonyl (C=O) groups excluding carboxylic acids is 1. The molecule has 0 amide bonds. The van der Waals surface area contributed by atoms with Crippen LogP contribution in [0.15, 0.2) is 115 Å². The van der Waals surface area contributed by atoms with Gasteiger partial charge in [-0.3, -0.25) is 4.79 Å². The SMILES string of the molecule is O=C(OCc1ccccc1)[C@H](CNc1ccccc1)Cc1ccc(Oc2ccccc2)cc1. The highest BCUT2D eigenvalue weighted by Crippen LogP contribution is 2.22. The van der Waals surface area contributed by atoms with E-state index in [0.717, 1.165) is 28.3 Å². The lowest BCUT2D eigenvalue weighted by atomic mass is 9.99. The molecule has 0 saturated heterocycles. The Hall–Kier alpha value is -4.05. The van der Waals surface area contributed by atoms with Crippen molar-refractivity contribution in [2.45, 2.75) is 13.0 Å². The molecule has 0 aromatic heterocycles. The van der Waals surface area contributed by atoms with E-state index in [4.69, 9.17) is 9.47 Å². The molecule has 0 aliphatic rings. The van der Waals surface area contributed by atoms with E-state index in [9.17, 15) is 4.79 Å². The molecule has 166 valence electrons. The molecule has 1 N–H and O–H groups in total. The van der Waals surface area contributed by atoms with Gasteiger partial charge in [-0.1, -0.05) is 78.9 Å². The fraction of sp³-hybridized carbons (Fsp3) is 0.138. The molecular formula is C29H27NO3. The normalized spacial score (nSPS) is 11.4. The fourth-order valence-corrected chi connectivity index (χ4v) is 3.49. The zero-order valence-electron chi connectivity index (χ0n) is 18.4. The van der Waals surface area contributed by atoms with Gasteiger partial charge in [0.2, 0.25) is 0 Å². The van der Waals surface area contributed by atoms with Crippen LogP contribution in [-0.2, 0) is 22.6 Å². The molecule has 0 aliphatic heterocycles. The summed E-state index contributed by atoms with van der Waals surface area (Å²) in [5, 5.41) is 3.36. The van der Waals surface area contributed by atoms with E-state index in [1.165, 1.54) is 0 Å². The highest BCUT2D eigenvalue weighted by molar-refractivity contribution is 5.73. The number of carbonyl (C=O) groups is 1. The lowest BCUT2D eigenvalue weighted by Crippen LogP contribution is -2.27. The second-order valence-corrected chi connectivity index (χ2v) is 7.80. The Morgan fingerprint density at radius 1 is 0.667 bits per heavy atom. The molecule has 4 aromatic carbocycles. The Morgan fingerprint density at radius 2 is 1.24 bits per heavy atom. The maximum Gasteiger partial charge on any atom is 0.311 e. The van der Waals surface area contributed by atoms with Gasteiger partial charge in [0.25, 0.3) is 0 Å². The van der Waals surface area contributed by atoms with Crippen molar-refractivity contribution in [3.05, 3.63) is 126 Å². The van der Waals surface area contributed by atoms with E-state index >= 15 is 0 Å². The van der Waals surface area contributed by atoms with Crippen molar-refractivity contribution in [1.82, 2.24) is 0 Å². The number of anilines is 1. The predicted molar refractivity (Wildman–Crippen MR) is 131 cm³/mol. The lowest BCUT2D eigenvalue weighted by Gasteiger charge is -2.18. The van der Waals surface area contributed by atoms with Crippen molar-refractivity contribution in [3.8, 4) is 11.5 Å². The van der Waals surface area contributed by atoms with Crippen LogP contribution < -0.4 is 10.1 Å². The summed E-state index contributed by atoms with van der Waals surface area (Å²) in [6.07, 6.45) is 0.569. The second-order valence-electron chi connectivity index (χ2n) is 7.80. The molecule has 0 spiro atoms. The first-order valence-electron chi connectivity index (χ1n) is 11.1. The summed E-state index contributed by atoms with van der Waals surface area (Å²) in [6, 6.07) is 37.1. The van der Waals surface area contributed by atoms with Gasteiger partial charge in [-0.25, -0.2) is 0 Å². The first-order chi connectivity index (χ1) is 16.3. The lowest BCUT2D eigenvalue weighted by molar-refractivity contribution is -0.149. The highest BCUT2D eigenvalue weighted by Gasteiger charge is 2.21. The van der Waals surface area contributed by atoms with E-state index < -0.39 is 0 Å². The third-order valence-corrected chi connectivity index (χ3v) is 5.27. The summed E-state index contributed by atoms with van der Waals surface area (Å²) >= 11 is 0. The van der Waals surface area contributed by atoms with E-state index in [2.05, 4.69) is 5.32 Å². The topological polar surface area (TPSA) is 47.6 Å². The van der Waals surface area contributed by atoms with Gasteiger partial charge in [-0.05, 0) is 53.9 Å². The Bertz CT molecular complexity index is 1110. The Morgan fingerprint density at radius 3 is 1.91 bits per heavy atom. The average molecular weight is 438 g/mol. The molecule has 4 nitrogen and oxygen atoms in total. The minimum absolute atomic E-state index is 0.216. The average Bonchev–Trinajstić information content (AvgIpc) is 2.88. The van der Waals surface area contributed by atoms with Crippen LogP contribution >= 0.6 is 0 Å². The van der Waals surface area contributed by atoms with Gasteiger partial charge in [0.1, 0.15) is 18.1 Å². The van der Waals surface area contributed by atoms with Crippen LogP contribution in [0.3, 0.4) is 0 Å². The number of benzene rings is 4. The van der Waals surface area contributed by atoms with E-state index in [-0.39, 0.29) is 18.5 Å². The number of rotatable bonds is 10. The maximum absolute atomic E-state index is 13.0. The first-order valence-corrected chi connectivity index (χ1v) is 11.1. The third-order valence-electron chi connectivity index (χ3n) is 5.27. The van der Waals surface area contributed by atoms with Crippen LogP contribution in [0.25, 0.3) is 0 Å². The quantitative estimate of drug-likeness (QED) is 0.288. The van der Waals surface area contributed by atoms with Crippen LogP contribution in [0.1, 0.15) is 11.1 Å². The van der Waals surface area contributed by atoms with Crippen molar-refractivity contribution in [3.63, 3.8) is 0 Å². The van der Waals surface area contributed by atoms with Gasteiger partial charge < -0.3 is 14.8 Å². The Balaban J connectivity index is 1.41. The molecule has 0 bridgehead atoms. The zero-order chi connectivity index (χ0) is 22.7. The summed E-state index contributed by atoms with van der Waals surface area (Å²) in [6.45, 7) is 0.755. The molecule has 0 heterocycles. The summed E-state index contributed by atoms with van der Waals surface area (Å²) in [5.74, 6) is 1.01. The van der Waals surface area contributed by atoms with Crippen molar-refractivity contribution >= 4 is 11.7 Å². The van der Waals surface area contributed by atoms with Crippen LogP contribution in [0.5, 0.6) is 11.5 Å². The molecule has 0 radical (unpaired) electrons. The van der Waals surface area contributed by atoms with Crippen molar-refractivity contribution in [2.75, 3.05) is 11.9 Å². The van der Waals surface area contributed by atoms with Gasteiger partial charge in [0.05, 0.1) is 5.92 Å². The number of para-hydroxylation sites is 2. The summed E-state index contributed by atoms with van der Waals surface area (Å²) < 4.78 is 11.5.